The fourth-order valence-electron chi connectivity index (χ4n) is 3.83. The predicted octanol–water partition coefficient (Wildman–Crippen LogP) is 5.77. The molecule has 0 unspecified atom stereocenters. The van der Waals surface area contributed by atoms with Crippen molar-refractivity contribution in [3.63, 3.8) is 0 Å². The number of amides is 1. The second-order valence-corrected chi connectivity index (χ2v) is 8.16. The monoisotopic (exact) mass is 469 g/mol. The number of carbonyl (C=O) groups is 2. The smallest absolute Gasteiger partial charge is 0.273 e. The van der Waals surface area contributed by atoms with Gasteiger partial charge in [-0.3, -0.25) is 14.7 Å². The molecule has 3 aromatic carbocycles. The standard InChI is InChI=1S/C27H20FN3O4/c1-14-7-12-18(24(32)15(14)2)20-13-21(31-30-20)27(34)29-23-19-5-3-4-6-22(19)35-26(23)25(33)16-8-10-17(28)11-9-16/h3-13,32H,1-2H3,(H,29,34)(H,30,31). The Balaban J connectivity index is 1.50. The molecule has 0 bridgehead atoms. The maximum absolute atomic E-state index is 13.3. The van der Waals surface area contributed by atoms with E-state index in [0.717, 1.165) is 11.1 Å². The molecule has 35 heavy (non-hydrogen) atoms. The van der Waals surface area contributed by atoms with Crippen molar-refractivity contribution >= 4 is 28.3 Å². The fourth-order valence-corrected chi connectivity index (χ4v) is 3.83. The van der Waals surface area contributed by atoms with Crippen molar-refractivity contribution in [2.24, 2.45) is 0 Å². The van der Waals surface area contributed by atoms with Crippen LogP contribution in [0.15, 0.2) is 71.1 Å². The van der Waals surface area contributed by atoms with E-state index < -0.39 is 17.5 Å². The molecule has 0 saturated carbocycles. The van der Waals surface area contributed by atoms with Crippen LogP contribution < -0.4 is 5.32 Å². The fraction of sp³-hybridized carbons (Fsp3) is 0.0741. The van der Waals surface area contributed by atoms with E-state index >= 15 is 0 Å². The van der Waals surface area contributed by atoms with Crippen LogP contribution >= 0.6 is 0 Å². The number of aryl methyl sites for hydroxylation is 1. The van der Waals surface area contributed by atoms with Crippen LogP contribution in [0.25, 0.3) is 22.2 Å². The molecular formula is C27H20FN3O4. The van der Waals surface area contributed by atoms with Gasteiger partial charge >= 0.3 is 0 Å². The first-order chi connectivity index (χ1) is 16.8. The van der Waals surface area contributed by atoms with Crippen LogP contribution in [0.2, 0.25) is 0 Å². The zero-order chi connectivity index (χ0) is 24.7. The summed E-state index contributed by atoms with van der Waals surface area (Å²) in [6, 6.07) is 17.1. The summed E-state index contributed by atoms with van der Waals surface area (Å²) < 4.78 is 19.1. The Bertz CT molecular complexity index is 1600. The first kappa shape index (κ1) is 22.1. The molecule has 8 heteroatoms. The highest BCUT2D eigenvalue weighted by Crippen LogP contribution is 2.34. The van der Waals surface area contributed by atoms with Crippen molar-refractivity contribution in [3.8, 4) is 17.0 Å². The number of aromatic nitrogens is 2. The van der Waals surface area contributed by atoms with E-state index in [4.69, 9.17) is 4.42 Å². The normalized spacial score (nSPS) is 11.1. The first-order valence-electron chi connectivity index (χ1n) is 10.8. The maximum atomic E-state index is 13.3. The number of anilines is 1. The van der Waals surface area contributed by atoms with Crippen LogP contribution in [-0.2, 0) is 0 Å². The van der Waals surface area contributed by atoms with Gasteiger partial charge in [0.1, 0.15) is 22.8 Å². The molecule has 3 N–H and O–H groups in total. The number of hydrogen-bond acceptors (Lipinski definition) is 5. The number of benzene rings is 3. The number of furan rings is 1. The minimum Gasteiger partial charge on any atom is -0.507 e. The van der Waals surface area contributed by atoms with Crippen molar-refractivity contribution in [1.82, 2.24) is 10.2 Å². The van der Waals surface area contributed by atoms with Crippen LogP contribution in [0.1, 0.15) is 37.7 Å². The second kappa shape index (κ2) is 8.57. The Morgan fingerprint density at radius 2 is 1.77 bits per heavy atom. The minimum absolute atomic E-state index is 0.0716. The minimum atomic E-state index is -0.549. The summed E-state index contributed by atoms with van der Waals surface area (Å²) in [5, 5.41) is 20.6. The number of hydrogen-bond donors (Lipinski definition) is 3. The lowest BCUT2D eigenvalue weighted by Gasteiger charge is -2.07. The molecule has 0 saturated heterocycles. The van der Waals surface area contributed by atoms with Gasteiger partial charge in [-0.25, -0.2) is 4.39 Å². The Hall–Kier alpha value is -4.72. The van der Waals surface area contributed by atoms with Crippen LogP contribution in [0.4, 0.5) is 10.1 Å². The molecule has 1 amide bonds. The van der Waals surface area contributed by atoms with Gasteiger partial charge in [0.15, 0.2) is 5.76 Å². The summed E-state index contributed by atoms with van der Waals surface area (Å²) in [5.41, 5.74) is 3.51. The number of carbonyl (C=O) groups excluding carboxylic acids is 2. The quantitative estimate of drug-likeness (QED) is 0.283. The van der Waals surface area contributed by atoms with Crippen molar-refractivity contribution in [3.05, 3.63) is 101 Å². The summed E-state index contributed by atoms with van der Waals surface area (Å²) in [6.45, 7) is 3.69. The summed E-state index contributed by atoms with van der Waals surface area (Å²) in [7, 11) is 0. The molecule has 0 radical (unpaired) electrons. The van der Waals surface area contributed by atoms with Crippen LogP contribution in [0.3, 0.4) is 0 Å². The van der Waals surface area contributed by atoms with Crippen molar-refractivity contribution in [2.45, 2.75) is 13.8 Å². The highest BCUT2D eigenvalue weighted by Gasteiger charge is 2.25. The Kier molecular flexibility index (Phi) is 5.41. The number of rotatable bonds is 5. The number of halogens is 1. The third-order valence-corrected chi connectivity index (χ3v) is 5.95. The first-order valence-corrected chi connectivity index (χ1v) is 10.8. The molecule has 0 aliphatic heterocycles. The van der Waals surface area contributed by atoms with Gasteiger partial charge in [0.05, 0.1) is 11.4 Å². The SMILES string of the molecule is Cc1ccc(-c2cc(C(=O)Nc3c(C(=O)c4ccc(F)cc4)oc4ccccc34)[nH]n2)c(O)c1C. The maximum Gasteiger partial charge on any atom is 0.273 e. The number of fused-ring (bicyclic) bond motifs is 1. The lowest BCUT2D eigenvalue weighted by Crippen LogP contribution is -2.14. The molecule has 174 valence electrons. The highest BCUT2D eigenvalue weighted by atomic mass is 19.1. The van der Waals surface area contributed by atoms with E-state index in [1.807, 2.05) is 13.0 Å². The molecular weight excluding hydrogens is 449 g/mol. The Morgan fingerprint density at radius 3 is 2.54 bits per heavy atom. The van der Waals surface area contributed by atoms with Gasteiger partial charge in [-0.2, -0.15) is 5.10 Å². The molecule has 0 spiro atoms. The summed E-state index contributed by atoms with van der Waals surface area (Å²) in [6.07, 6.45) is 0. The molecule has 0 fully saturated rings. The number of phenolic OH excluding ortho intramolecular Hbond substituents is 1. The number of nitrogens with one attached hydrogen (secondary N) is 2. The van der Waals surface area contributed by atoms with E-state index in [-0.39, 0.29) is 28.5 Å². The predicted molar refractivity (Wildman–Crippen MR) is 129 cm³/mol. The highest BCUT2D eigenvalue weighted by molar-refractivity contribution is 6.18. The van der Waals surface area contributed by atoms with Gasteiger partial charge in [-0.15, -0.1) is 0 Å². The average Bonchev–Trinajstić information content (AvgIpc) is 3.48. The lowest BCUT2D eigenvalue weighted by atomic mass is 10.0. The molecule has 0 atom stereocenters. The number of nitrogens with zero attached hydrogens (tertiary/aromatic N) is 1. The molecule has 5 rings (SSSR count). The molecule has 2 heterocycles. The summed E-state index contributed by atoms with van der Waals surface area (Å²) >= 11 is 0. The Labute approximate surface area is 199 Å². The molecule has 2 aromatic heterocycles. The number of phenols is 1. The second-order valence-electron chi connectivity index (χ2n) is 8.16. The number of ketones is 1. The van der Waals surface area contributed by atoms with Crippen molar-refractivity contribution in [1.29, 1.82) is 0 Å². The van der Waals surface area contributed by atoms with Gasteiger partial charge in [0.25, 0.3) is 5.91 Å². The van der Waals surface area contributed by atoms with Gasteiger partial charge in [0.2, 0.25) is 5.78 Å². The Morgan fingerprint density at radius 1 is 1.03 bits per heavy atom. The summed E-state index contributed by atoms with van der Waals surface area (Å²) in [4.78, 5) is 26.3. The molecule has 7 nitrogen and oxygen atoms in total. The molecule has 0 aliphatic carbocycles. The number of aromatic amines is 1. The zero-order valence-corrected chi connectivity index (χ0v) is 18.8. The molecule has 5 aromatic rings. The van der Waals surface area contributed by atoms with Gasteiger partial charge < -0.3 is 14.8 Å². The van der Waals surface area contributed by atoms with Crippen molar-refractivity contribution in [2.75, 3.05) is 5.32 Å². The third kappa shape index (κ3) is 3.95. The van der Waals surface area contributed by atoms with E-state index in [2.05, 4.69) is 15.5 Å². The number of para-hydroxylation sites is 1. The topological polar surface area (TPSA) is 108 Å². The lowest BCUT2D eigenvalue weighted by molar-refractivity contribution is 0.101. The van der Waals surface area contributed by atoms with Gasteiger partial charge in [0, 0.05) is 16.5 Å². The number of H-pyrrole nitrogens is 1. The molecule has 0 aliphatic rings. The summed E-state index contributed by atoms with van der Waals surface area (Å²) in [5.74, 6) is -1.49. The van der Waals surface area contributed by atoms with Crippen LogP contribution in [-0.4, -0.2) is 27.0 Å². The largest absolute Gasteiger partial charge is 0.507 e. The van der Waals surface area contributed by atoms with Gasteiger partial charge in [-0.05, 0) is 73.5 Å². The zero-order valence-electron chi connectivity index (χ0n) is 18.8. The van der Waals surface area contributed by atoms with Gasteiger partial charge in [-0.1, -0.05) is 18.2 Å². The van der Waals surface area contributed by atoms with E-state index in [9.17, 15) is 19.1 Å². The van der Waals surface area contributed by atoms with Crippen LogP contribution in [0.5, 0.6) is 5.75 Å². The van der Waals surface area contributed by atoms with E-state index in [1.54, 1.807) is 37.3 Å². The van der Waals surface area contributed by atoms with E-state index in [0.29, 0.717) is 22.2 Å². The third-order valence-electron chi connectivity index (χ3n) is 5.95. The van der Waals surface area contributed by atoms with Crippen LogP contribution in [0, 0.1) is 19.7 Å². The van der Waals surface area contributed by atoms with Crippen molar-refractivity contribution < 1.29 is 23.5 Å². The van der Waals surface area contributed by atoms with E-state index in [1.165, 1.54) is 30.3 Å². The average molecular weight is 469 g/mol. The number of aromatic hydroxyl groups is 1.